The SMILES string of the molecule is O=C(O)/C=C/c1ccc2[nH]c(C3(NC(=O)c4ccc5c(C6CCCCC6)c6n(c5c4)CC(=O)Nc4ccccc4-6)CCCC3)nc2c1. The summed E-state index contributed by atoms with van der Waals surface area (Å²) in [5.41, 5.74) is 7.34. The van der Waals surface area contributed by atoms with Crippen LogP contribution in [0.1, 0.15) is 91.0 Å². The van der Waals surface area contributed by atoms with E-state index in [9.17, 15) is 14.4 Å². The number of nitrogens with zero attached hydrogens (tertiary/aromatic N) is 2. The lowest BCUT2D eigenvalue weighted by atomic mass is 9.81. The Morgan fingerprint density at radius 3 is 2.60 bits per heavy atom. The number of aromatic amines is 1. The lowest BCUT2D eigenvalue weighted by Gasteiger charge is -2.28. The molecule has 2 aromatic heterocycles. The zero-order valence-electron chi connectivity index (χ0n) is 26.1. The topological polar surface area (TPSA) is 129 Å². The van der Waals surface area contributed by atoms with Crippen LogP contribution >= 0.6 is 0 Å². The van der Waals surface area contributed by atoms with Gasteiger partial charge in [-0.2, -0.15) is 0 Å². The zero-order valence-corrected chi connectivity index (χ0v) is 26.1. The molecule has 2 amide bonds. The molecule has 3 aliphatic rings. The van der Waals surface area contributed by atoms with Gasteiger partial charge in [0.25, 0.3) is 5.91 Å². The first-order chi connectivity index (χ1) is 22.9. The maximum Gasteiger partial charge on any atom is 0.328 e. The van der Waals surface area contributed by atoms with Crippen LogP contribution in [0, 0.1) is 0 Å². The van der Waals surface area contributed by atoms with E-state index in [1.165, 1.54) is 24.8 Å². The predicted molar refractivity (Wildman–Crippen MR) is 182 cm³/mol. The summed E-state index contributed by atoms with van der Waals surface area (Å²) in [5, 5.41) is 16.6. The third kappa shape index (κ3) is 5.19. The highest BCUT2D eigenvalue weighted by Gasteiger charge is 2.40. The highest BCUT2D eigenvalue weighted by molar-refractivity contribution is 6.05. The van der Waals surface area contributed by atoms with Crippen molar-refractivity contribution in [3.05, 3.63) is 89.3 Å². The van der Waals surface area contributed by atoms with E-state index in [4.69, 9.17) is 10.1 Å². The van der Waals surface area contributed by atoms with Gasteiger partial charge in [0.2, 0.25) is 5.91 Å². The highest BCUT2D eigenvalue weighted by Crippen LogP contribution is 2.47. The van der Waals surface area contributed by atoms with E-state index in [1.54, 1.807) is 6.08 Å². The molecule has 0 bridgehead atoms. The van der Waals surface area contributed by atoms with E-state index in [2.05, 4.69) is 32.3 Å². The normalized spacial score (nSPS) is 17.8. The minimum absolute atomic E-state index is 0.0745. The van der Waals surface area contributed by atoms with Gasteiger partial charge in [-0.15, -0.1) is 0 Å². The maximum absolute atomic E-state index is 14.1. The van der Waals surface area contributed by atoms with Gasteiger partial charge in [0, 0.05) is 22.6 Å². The second-order valence-corrected chi connectivity index (χ2v) is 13.3. The number of H-pyrrole nitrogens is 1. The summed E-state index contributed by atoms with van der Waals surface area (Å²) in [6.07, 6.45) is 12.0. The molecule has 0 unspecified atom stereocenters. The molecule has 8 rings (SSSR count). The number of imidazole rings is 1. The monoisotopic (exact) mass is 627 g/mol. The minimum atomic E-state index is -1.01. The Hall–Kier alpha value is -5.18. The van der Waals surface area contributed by atoms with Crippen molar-refractivity contribution in [3.63, 3.8) is 0 Å². The molecule has 5 aromatic rings. The van der Waals surface area contributed by atoms with E-state index in [0.29, 0.717) is 17.3 Å². The average Bonchev–Trinajstić information content (AvgIpc) is 3.78. The Bertz CT molecular complexity index is 2090. The number of rotatable bonds is 6. The van der Waals surface area contributed by atoms with Gasteiger partial charge in [-0.3, -0.25) is 9.59 Å². The molecule has 2 fully saturated rings. The van der Waals surface area contributed by atoms with E-state index in [1.807, 2.05) is 48.5 Å². The largest absolute Gasteiger partial charge is 0.478 e. The fourth-order valence-corrected chi connectivity index (χ4v) is 8.12. The number of carbonyl (C=O) groups is 3. The Morgan fingerprint density at radius 1 is 0.979 bits per heavy atom. The van der Waals surface area contributed by atoms with Crippen molar-refractivity contribution in [2.24, 2.45) is 0 Å². The van der Waals surface area contributed by atoms with Crippen molar-refractivity contribution in [3.8, 4) is 11.3 Å². The molecule has 2 saturated carbocycles. The molecule has 3 heterocycles. The summed E-state index contributed by atoms with van der Waals surface area (Å²) in [6.45, 7) is 0.185. The van der Waals surface area contributed by atoms with E-state index in [-0.39, 0.29) is 18.4 Å². The van der Waals surface area contributed by atoms with Gasteiger partial charge in [0.1, 0.15) is 12.4 Å². The van der Waals surface area contributed by atoms with Crippen molar-refractivity contribution in [1.82, 2.24) is 19.9 Å². The quantitative estimate of drug-likeness (QED) is 0.145. The molecule has 3 aromatic carbocycles. The summed E-state index contributed by atoms with van der Waals surface area (Å²) in [4.78, 5) is 46.7. The molecule has 4 N–H and O–H groups in total. The molecule has 9 heteroatoms. The molecule has 2 aliphatic carbocycles. The average molecular weight is 628 g/mol. The van der Waals surface area contributed by atoms with Crippen LogP contribution in [0.2, 0.25) is 0 Å². The number of carboxylic acids is 1. The third-order valence-corrected chi connectivity index (χ3v) is 10.3. The van der Waals surface area contributed by atoms with Crippen LogP contribution in [0.25, 0.3) is 39.3 Å². The Labute approximate surface area is 272 Å². The van der Waals surface area contributed by atoms with Crippen LogP contribution < -0.4 is 10.6 Å². The van der Waals surface area contributed by atoms with Gasteiger partial charge in [-0.25, -0.2) is 9.78 Å². The van der Waals surface area contributed by atoms with Gasteiger partial charge in [0.05, 0.1) is 33.5 Å². The Morgan fingerprint density at radius 2 is 1.79 bits per heavy atom. The van der Waals surface area contributed by atoms with Gasteiger partial charge in [-0.05, 0) is 79.1 Å². The maximum atomic E-state index is 14.1. The fraction of sp³-hybridized carbons (Fsp3) is 0.316. The number of carbonyl (C=O) groups excluding carboxylic acids is 2. The Balaban J connectivity index is 1.19. The van der Waals surface area contributed by atoms with Gasteiger partial charge >= 0.3 is 5.97 Å². The van der Waals surface area contributed by atoms with Gasteiger partial charge < -0.3 is 25.3 Å². The molecule has 1 aliphatic heterocycles. The van der Waals surface area contributed by atoms with Crippen molar-refractivity contribution in [1.29, 1.82) is 0 Å². The Kier molecular flexibility index (Phi) is 7.19. The number of aliphatic carboxylic acids is 1. The number of aromatic nitrogens is 3. The summed E-state index contributed by atoms with van der Waals surface area (Å²) in [5.74, 6) is -0.142. The van der Waals surface area contributed by atoms with E-state index < -0.39 is 11.5 Å². The van der Waals surface area contributed by atoms with Crippen LogP contribution in [-0.4, -0.2) is 37.4 Å². The highest BCUT2D eigenvalue weighted by atomic mass is 16.4. The van der Waals surface area contributed by atoms with Crippen molar-refractivity contribution < 1.29 is 19.5 Å². The molecule has 0 saturated heterocycles. The number of benzene rings is 3. The van der Waals surface area contributed by atoms with Gasteiger partial charge in [-0.1, -0.05) is 62.4 Å². The van der Waals surface area contributed by atoms with Crippen LogP contribution in [-0.2, 0) is 21.7 Å². The van der Waals surface area contributed by atoms with Crippen molar-refractivity contribution in [2.45, 2.75) is 75.8 Å². The zero-order chi connectivity index (χ0) is 32.1. The van der Waals surface area contributed by atoms with Crippen LogP contribution in [0.3, 0.4) is 0 Å². The molecule has 9 nitrogen and oxygen atoms in total. The summed E-state index contributed by atoms with van der Waals surface area (Å²) >= 11 is 0. The molecular formula is C38H37N5O4. The summed E-state index contributed by atoms with van der Waals surface area (Å²) < 4.78 is 2.12. The third-order valence-electron chi connectivity index (χ3n) is 10.3. The van der Waals surface area contributed by atoms with Gasteiger partial charge in [0.15, 0.2) is 0 Å². The predicted octanol–water partition coefficient (Wildman–Crippen LogP) is 7.48. The molecule has 0 radical (unpaired) electrons. The number of hydrogen-bond acceptors (Lipinski definition) is 4. The fourth-order valence-electron chi connectivity index (χ4n) is 8.12. The van der Waals surface area contributed by atoms with E-state index >= 15 is 0 Å². The second-order valence-electron chi connectivity index (χ2n) is 13.3. The van der Waals surface area contributed by atoms with E-state index in [0.717, 1.165) is 89.0 Å². The molecule has 47 heavy (non-hydrogen) atoms. The molecule has 0 atom stereocenters. The first-order valence-electron chi connectivity index (χ1n) is 16.7. The lowest BCUT2D eigenvalue weighted by molar-refractivity contribution is -0.131. The first-order valence-corrected chi connectivity index (χ1v) is 16.7. The number of amides is 2. The molecular weight excluding hydrogens is 590 g/mol. The number of hydrogen-bond donors (Lipinski definition) is 4. The standard InChI is InChI=1S/C38H37N5O4/c44-32-22-43-31-21-25(14-15-27(31)34(24-8-2-1-3-9-24)35(43)26-10-4-5-11-28(26)39-32)36(47)42-38(18-6-7-19-38)37-40-29-16-12-23(13-17-33(45)46)20-30(29)41-37/h4-5,10-17,20-21,24H,1-3,6-9,18-19,22H2,(H,39,44)(H,40,41)(H,42,47)(H,45,46)/b17-13+. The number of fused-ring (bicyclic) bond motifs is 6. The summed E-state index contributed by atoms with van der Waals surface area (Å²) in [6, 6.07) is 19.6. The molecule has 238 valence electrons. The minimum Gasteiger partial charge on any atom is -0.478 e. The first kappa shape index (κ1) is 29.2. The number of para-hydroxylation sites is 1. The smallest absolute Gasteiger partial charge is 0.328 e. The number of carboxylic acid groups (broad SMARTS) is 1. The number of anilines is 1. The number of nitrogens with one attached hydrogen (secondary N) is 3. The molecule has 0 spiro atoms. The van der Waals surface area contributed by atoms with Crippen LogP contribution in [0.4, 0.5) is 5.69 Å². The van der Waals surface area contributed by atoms with Crippen molar-refractivity contribution in [2.75, 3.05) is 5.32 Å². The second kappa shape index (κ2) is 11.6. The van der Waals surface area contributed by atoms with Crippen LogP contribution in [0.5, 0.6) is 0 Å². The lowest BCUT2D eigenvalue weighted by Crippen LogP contribution is -2.44. The van der Waals surface area contributed by atoms with Crippen LogP contribution in [0.15, 0.2) is 66.7 Å². The summed E-state index contributed by atoms with van der Waals surface area (Å²) in [7, 11) is 0. The van der Waals surface area contributed by atoms with Crippen molar-refractivity contribution >= 4 is 51.5 Å².